The third-order valence-electron chi connectivity index (χ3n) is 5.96. The SMILES string of the molecule is CCC(C)NC(=O)C(CC)N(Cc1cccc(OC)c1)C(=O)CN(c1cc(Cl)ccc1OC)S(C)(=O)=O. The summed E-state index contributed by atoms with van der Waals surface area (Å²) in [5, 5.41) is 3.22. The van der Waals surface area contributed by atoms with Crippen molar-refractivity contribution < 1.29 is 27.5 Å². The molecule has 0 bridgehead atoms. The molecule has 2 rings (SSSR count). The van der Waals surface area contributed by atoms with E-state index in [1.165, 1.54) is 24.1 Å². The van der Waals surface area contributed by atoms with Crippen LogP contribution in [0.5, 0.6) is 11.5 Å². The van der Waals surface area contributed by atoms with E-state index >= 15 is 0 Å². The molecule has 0 heterocycles. The number of carbonyl (C=O) groups is 2. The lowest BCUT2D eigenvalue weighted by molar-refractivity contribution is -0.140. The molecule has 11 heteroatoms. The molecule has 1 N–H and O–H groups in total. The summed E-state index contributed by atoms with van der Waals surface area (Å²) in [6.07, 6.45) is 2.06. The Morgan fingerprint density at radius 3 is 2.32 bits per heavy atom. The molecule has 0 fully saturated rings. The lowest BCUT2D eigenvalue weighted by Gasteiger charge is -2.33. The first-order valence-electron chi connectivity index (χ1n) is 12.0. The normalized spacial score (nSPS) is 12.8. The Labute approximate surface area is 224 Å². The summed E-state index contributed by atoms with van der Waals surface area (Å²) >= 11 is 6.14. The molecule has 0 spiro atoms. The summed E-state index contributed by atoms with van der Waals surface area (Å²) in [5.74, 6) is -0.0206. The van der Waals surface area contributed by atoms with E-state index in [1.807, 2.05) is 19.9 Å². The van der Waals surface area contributed by atoms with Gasteiger partial charge in [0.15, 0.2) is 0 Å². The lowest BCUT2D eigenvalue weighted by atomic mass is 10.1. The third kappa shape index (κ3) is 8.26. The minimum Gasteiger partial charge on any atom is -0.497 e. The summed E-state index contributed by atoms with van der Waals surface area (Å²) < 4.78 is 37.2. The van der Waals surface area contributed by atoms with E-state index in [2.05, 4.69) is 5.32 Å². The van der Waals surface area contributed by atoms with Gasteiger partial charge in [-0.3, -0.25) is 13.9 Å². The quantitative estimate of drug-likeness (QED) is 0.404. The Kier molecular flexibility index (Phi) is 11.1. The van der Waals surface area contributed by atoms with Crippen LogP contribution in [0.4, 0.5) is 5.69 Å². The largest absolute Gasteiger partial charge is 0.497 e. The fraction of sp³-hybridized carbons (Fsp3) is 0.462. The van der Waals surface area contributed by atoms with Gasteiger partial charge in [-0.15, -0.1) is 0 Å². The molecule has 2 atom stereocenters. The molecule has 2 aromatic rings. The Balaban J connectivity index is 2.53. The number of benzene rings is 2. The molecule has 0 aromatic heterocycles. The zero-order chi connectivity index (χ0) is 27.8. The van der Waals surface area contributed by atoms with Gasteiger partial charge in [0.05, 0.1) is 26.2 Å². The van der Waals surface area contributed by atoms with Gasteiger partial charge in [0.25, 0.3) is 0 Å². The minimum atomic E-state index is -3.93. The highest BCUT2D eigenvalue weighted by molar-refractivity contribution is 7.92. The van der Waals surface area contributed by atoms with Crippen molar-refractivity contribution in [3.63, 3.8) is 0 Å². The smallest absolute Gasteiger partial charge is 0.244 e. The number of anilines is 1. The maximum atomic E-state index is 13.8. The molecule has 0 aliphatic rings. The highest BCUT2D eigenvalue weighted by Crippen LogP contribution is 2.33. The van der Waals surface area contributed by atoms with Crippen molar-refractivity contribution in [3.05, 3.63) is 53.1 Å². The number of hydrogen-bond donors (Lipinski definition) is 1. The van der Waals surface area contributed by atoms with Crippen molar-refractivity contribution in [2.45, 2.75) is 52.2 Å². The van der Waals surface area contributed by atoms with Gasteiger partial charge in [0.2, 0.25) is 21.8 Å². The number of amides is 2. The van der Waals surface area contributed by atoms with Crippen molar-refractivity contribution in [1.82, 2.24) is 10.2 Å². The number of nitrogens with zero attached hydrogens (tertiary/aromatic N) is 2. The lowest BCUT2D eigenvalue weighted by Crippen LogP contribution is -2.53. The summed E-state index contributed by atoms with van der Waals surface area (Å²) in [4.78, 5) is 28.4. The van der Waals surface area contributed by atoms with Gasteiger partial charge in [-0.05, 0) is 55.7 Å². The highest BCUT2D eigenvalue weighted by Gasteiger charge is 2.33. The van der Waals surface area contributed by atoms with Crippen LogP contribution in [0.15, 0.2) is 42.5 Å². The molecule has 2 unspecified atom stereocenters. The maximum absolute atomic E-state index is 13.8. The monoisotopic (exact) mass is 553 g/mol. The second-order valence-corrected chi connectivity index (χ2v) is 11.0. The van der Waals surface area contributed by atoms with Crippen LogP contribution >= 0.6 is 11.6 Å². The van der Waals surface area contributed by atoms with Gasteiger partial charge in [-0.2, -0.15) is 0 Å². The molecule has 0 saturated carbocycles. The van der Waals surface area contributed by atoms with Crippen LogP contribution in [0.3, 0.4) is 0 Å². The van der Waals surface area contributed by atoms with Gasteiger partial charge < -0.3 is 19.7 Å². The fourth-order valence-electron chi connectivity index (χ4n) is 3.78. The first-order valence-corrected chi connectivity index (χ1v) is 14.2. The Bertz CT molecular complexity index is 1190. The Morgan fingerprint density at radius 1 is 1.05 bits per heavy atom. The maximum Gasteiger partial charge on any atom is 0.244 e. The van der Waals surface area contributed by atoms with Crippen LogP contribution in [0.1, 0.15) is 39.2 Å². The predicted octanol–water partition coefficient (Wildman–Crippen LogP) is 3.85. The Morgan fingerprint density at radius 2 is 1.76 bits per heavy atom. The van der Waals surface area contributed by atoms with Crippen LogP contribution in [0.25, 0.3) is 0 Å². The number of nitrogens with one attached hydrogen (secondary N) is 1. The van der Waals surface area contributed by atoms with Crippen molar-refractivity contribution >= 4 is 39.1 Å². The molecule has 0 saturated heterocycles. The van der Waals surface area contributed by atoms with Crippen LogP contribution < -0.4 is 19.1 Å². The molecule has 2 amide bonds. The van der Waals surface area contributed by atoms with Crippen LogP contribution in [0.2, 0.25) is 5.02 Å². The number of ether oxygens (including phenoxy) is 2. The van der Waals surface area contributed by atoms with E-state index in [0.717, 1.165) is 22.5 Å². The van der Waals surface area contributed by atoms with E-state index in [9.17, 15) is 18.0 Å². The molecule has 2 aromatic carbocycles. The van der Waals surface area contributed by atoms with Crippen molar-refractivity contribution in [2.75, 3.05) is 31.3 Å². The predicted molar refractivity (Wildman–Crippen MR) is 146 cm³/mol. The van der Waals surface area contributed by atoms with Crippen molar-refractivity contribution in [2.24, 2.45) is 0 Å². The molecular formula is C26H36ClN3O6S. The van der Waals surface area contributed by atoms with Crippen molar-refractivity contribution in [3.8, 4) is 11.5 Å². The summed E-state index contributed by atoms with van der Waals surface area (Å²) in [6, 6.07) is 10.8. The topological polar surface area (TPSA) is 105 Å². The molecule has 0 aliphatic carbocycles. The number of halogens is 1. The van der Waals surface area contributed by atoms with E-state index in [1.54, 1.807) is 38.3 Å². The molecular weight excluding hydrogens is 518 g/mol. The van der Waals surface area contributed by atoms with Crippen LogP contribution in [-0.2, 0) is 26.2 Å². The fourth-order valence-corrected chi connectivity index (χ4v) is 4.79. The molecule has 0 radical (unpaired) electrons. The highest BCUT2D eigenvalue weighted by atomic mass is 35.5. The zero-order valence-electron chi connectivity index (χ0n) is 22.2. The number of carbonyl (C=O) groups excluding carboxylic acids is 2. The number of sulfonamides is 1. The second-order valence-electron chi connectivity index (χ2n) is 8.70. The summed E-state index contributed by atoms with van der Waals surface area (Å²) in [7, 11) is -0.989. The third-order valence-corrected chi connectivity index (χ3v) is 7.32. The molecule has 9 nitrogen and oxygen atoms in total. The first kappa shape index (κ1) is 30.2. The van der Waals surface area contributed by atoms with E-state index in [4.69, 9.17) is 21.1 Å². The average Bonchev–Trinajstić information content (AvgIpc) is 2.86. The van der Waals surface area contributed by atoms with Gasteiger partial charge >= 0.3 is 0 Å². The van der Waals surface area contributed by atoms with Gasteiger partial charge in [0, 0.05) is 17.6 Å². The molecule has 37 heavy (non-hydrogen) atoms. The van der Waals surface area contributed by atoms with E-state index < -0.39 is 28.5 Å². The summed E-state index contributed by atoms with van der Waals surface area (Å²) in [6.45, 7) is 5.17. The van der Waals surface area contributed by atoms with E-state index in [0.29, 0.717) is 12.2 Å². The average molecular weight is 554 g/mol. The standard InChI is InChI=1S/C26H36ClN3O6S/c1-7-18(3)28-26(32)22(8-2)29(16-19-10-9-11-21(14-19)35-4)25(31)17-30(37(6,33)34)23-15-20(27)12-13-24(23)36-5/h9-15,18,22H,7-8,16-17H2,1-6H3,(H,28,32). The molecule has 204 valence electrons. The zero-order valence-corrected chi connectivity index (χ0v) is 23.7. The number of methoxy groups -OCH3 is 2. The van der Waals surface area contributed by atoms with Crippen LogP contribution in [0, 0.1) is 0 Å². The van der Waals surface area contributed by atoms with Crippen LogP contribution in [-0.4, -0.2) is 64.2 Å². The Hall–Kier alpha value is -2.98. The number of rotatable bonds is 13. The van der Waals surface area contributed by atoms with Gasteiger partial charge in [-0.1, -0.05) is 37.6 Å². The summed E-state index contributed by atoms with van der Waals surface area (Å²) in [5.41, 5.74) is 0.859. The van der Waals surface area contributed by atoms with Crippen molar-refractivity contribution in [1.29, 1.82) is 0 Å². The molecule has 0 aliphatic heterocycles. The van der Waals surface area contributed by atoms with Gasteiger partial charge in [-0.25, -0.2) is 8.42 Å². The number of hydrogen-bond acceptors (Lipinski definition) is 6. The van der Waals surface area contributed by atoms with Gasteiger partial charge in [0.1, 0.15) is 24.1 Å². The second kappa shape index (κ2) is 13.5. The minimum absolute atomic E-state index is 0.0761. The van der Waals surface area contributed by atoms with E-state index in [-0.39, 0.29) is 35.0 Å². The first-order chi connectivity index (χ1) is 17.4.